The van der Waals surface area contributed by atoms with Crippen LogP contribution in [0, 0.1) is 13.8 Å². The van der Waals surface area contributed by atoms with Crippen molar-refractivity contribution in [1.29, 1.82) is 0 Å². The standard InChI is InChI=1S/C16H17N3OS/c1-10-9-19-14(11(2)18-16(19)21-10)8-17-13-3-4-15-12(7-13)5-6-20-15/h3-4,7,9,17H,5-6,8H2,1-2H3. The quantitative estimate of drug-likeness (QED) is 0.803. The number of nitrogens with zero attached hydrogens (tertiary/aromatic N) is 2. The van der Waals surface area contributed by atoms with Crippen LogP contribution in [0.25, 0.3) is 4.96 Å². The van der Waals surface area contributed by atoms with Crippen molar-refractivity contribution in [1.82, 2.24) is 9.38 Å². The molecule has 3 heterocycles. The molecule has 5 heteroatoms. The fraction of sp³-hybridized carbons (Fsp3) is 0.312. The Morgan fingerprint density at radius 3 is 3.19 bits per heavy atom. The van der Waals surface area contributed by atoms with Gasteiger partial charge in [-0.2, -0.15) is 0 Å². The molecule has 1 aliphatic rings. The van der Waals surface area contributed by atoms with Gasteiger partial charge in [0.25, 0.3) is 0 Å². The van der Waals surface area contributed by atoms with Crippen molar-refractivity contribution < 1.29 is 4.74 Å². The largest absolute Gasteiger partial charge is 0.493 e. The number of hydrogen-bond acceptors (Lipinski definition) is 4. The molecule has 0 spiro atoms. The van der Waals surface area contributed by atoms with Crippen LogP contribution in [0.4, 0.5) is 5.69 Å². The molecule has 0 fully saturated rings. The molecular formula is C16H17N3OS. The Balaban J connectivity index is 1.59. The smallest absolute Gasteiger partial charge is 0.194 e. The van der Waals surface area contributed by atoms with E-state index in [1.54, 1.807) is 11.3 Å². The van der Waals surface area contributed by atoms with E-state index in [1.807, 2.05) is 0 Å². The molecule has 1 aliphatic heterocycles. The molecule has 0 amide bonds. The number of aryl methyl sites for hydroxylation is 2. The number of thiazole rings is 1. The highest BCUT2D eigenvalue weighted by Crippen LogP contribution is 2.28. The van der Waals surface area contributed by atoms with Gasteiger partial charge in [0.1, 0.15) is 5.75 Å². The van der Waals surface area contributed by atoms with Crippen LogP contribution in [-0.4, -0.2) is 16.0 Å². The van der Waals surface area contributed by atoms with E-state index in [1.165, 1.54) is 16.1 Å². The number of aromatic nitrogens is 2. The maximum atomic E-state index is 5.54. The molecule has 0 saturated heterocycles. The Hall–Kier alpha value is -2.01. The van der Waals surface area contributed by atoms with E-state index in [0.29, 0.717) is 0 Å². The number of fused-ring (bicyclic) bond motifs is 2. The molecule has 4 nitrogen and oxygen atoms in total. The summed E-state index contributed by atoms with van der Waals surface area (Å²) in [4.78, 5) is 6.98. The molecule has 1 N–H and O–H groups in total. The first-order valence-corrected chi connectivity index (χ1v) is 7.96. The van der Waals surface area contributed by atoms with Crippen molar-refractivity contribution in [3.63, 3.8) is 0 Å². The van der Waals surface area contributed by atoms with Gasteiger partial charge < -0.3 is 10.1 Å². The van der Waals surface area contributed by atoms with Crippen molar-refractivity contribution in [3.05, 3.63) is 46.2 Å². The van der Waals surface area contributed by atoms with Crippen molar-refractivity contribution >= 4 is 22.0 Å². The minimum atomic E-state index is 0.781. The van der Waals surface area contributed by atoms with Crippen LogP contribution in [0.2, 0.25) is 0 Å². The average Bonchev–Trinajstić information content (AvgIpc) is 3.11. The topological polar surface area (TPSA) is 38.6 Å². The molecule has 21 heavy (non-hydrogen) atoms. The van der Waals surface area contributed by atoms with Crippen LogP contribution in [0.15, 0.2) is 24.4 Å². The molecular weight excluding hydrogens is 282 g/mol. The molecule has 2 aromatic heterocycles. The minimum absolute atomic E-state index is 0.781. The minimum Gasteiger partial charge on any atom is -0.493 e. The lowest BCUT2D eigenvalue weighted by Crippen LogP contribution is -2.03. The number of ether oxygens (including phenoxy) is 1. The van der Waals surface area contributed by atoms with Crippen LogP contribution in [0.5, 0.6) is 5.75 Å². The Bertz CT molecular complexity index is 818. The fourth-order valence-electron chi connectivity index (χ4n) is 2.80. The van der Waals surface area contributed by atoms with Crippen LogP contribution < -0.4 is 10.1 Å². The monoisotopic (exact) mass is 299 g/mol. The van der Waals surface area contributed by atoms with E-state index < -0.39 is 0 Å². The normalized spacial score (nSPS) is 13.4. The summed E-state index contributed by atoms with van der Waals surface area (Å²) in [7, 11) is 0. The maximum Gasteiger partial charge on any atom is 0.194 e. The Kier molecular flexibility index (Phi) is 2.89. The fourth-order valence-corrected chi connectivity index (χ4v) is 3.69. The summed E-state index contributed by atoms with van der Waals surface area (Å²) in [5.74, 6) is 1.02. The molecule has 0 atom stereocenters. The zero-order valence-corrected chi connectivity index (χ0v) is 13.0. The summed E-state index contributed by atoms with van der Waals surface area (Å²) in [5.41, 5.74) is 4.76. The highest BCUT2D eigenvalue weighted by atomic mass is 32.1. The van der Waals surface area contributed by atoms with Gasteiger partial charge in [-0.15, -0.1) is 11.3 Å². The van der Waals surface area contributed by atoms with Gasteiger partial charge in [-0.25, -0.2) is 4.98 Å². The number of nitrogens with one attached hydrogen (secondary N) is 1. The number of benzene rings is 1. The number of imidazole rings is 1. The summed E-state index contributed by atoms with van der Waals surface area (Å²) in [6.45, 7) is 5.77. The number of anilines is 1. The van der Waals surface area contributed by atoms with Crippen molar-refractivity contribution in [2.24, 2.45) is 0 Å². The molecule has 0 unspecified atom stereocenters. The molecule has 3 aromatic rings. The molecule has 0 bridgehead atoms. The molecule has 0 aliphatic carbocycles. The summed E-state index contributed by atoms with van der Waals surface area (Å²) in [6.07, 6.45) is 3.16. The summed E-state index contributed by atoms with van der Waals surface area (Å²) >= 11 is 1.73. The predicted octanol–water partition coefficient (Wildman–Crippen LogP) is 3.56. The van der Waals surface area contributed by atoms with Gasteiger partial charge in [0.15, 0.2) is 4.96 Å². The van der Waals surface area contributed by atoms with Gasteiger partial charge in [0.05, 0.1) is 24.5 Å². The highest BCUT2D eigenvalue weighted by Gasteiger charge is 2.13. The first-order valence-electron chi connectivity index (χ1n) is 7.14. The third-order valence-electron chi connectivity index (χ3n) is 3.89. The van der Waals surface area contributed by atoms with Gasteiger partial charge in [-0.3, -0.25) is 4.40 Å². The van der Waals surface area contributed by atoms with E-state index in [2.05, 4.69) is 52.9 Å². The molecule has 0 radical (unpaired) electrons. The van der Waals surface area contributed by atoms with Gasteiger partial charge in [0, 0.05) is 23.2 Å². The van der Waals surface area contributed by atoms with Crippen LogP contribution in [-0.2, 0) is 13.0 Å². The van der Waals surface area contributed by atoms with Gasteiger partial charge in [-0.05, 0) is 37.6 Å². The van der Waals surface area contributed by atoms with Crippen LogP contribution in [0.3, 0.4) is 0 Å². The van der Waals surface area contributed by atoms with Crippen LogP contribution >= 0.6 is 11.3 Å². The lowest BCUT2D eigenvalue weighted by atomic mass is 10.1. The molecule has 1 aromatic carbocycles. The Morgan fingerprint density at radius 2 is 2.29 bits per heavy atom. The second-order valence-corrected chi connectivity index (χ2v) is 6.63. The Labute approximate surface area is 127 Å². The lowest BCUT2D eigenvalue weighted by molar-refractivity contribution is 0.357. The number of rotatable bonds is 3. The third kappa shape index (κ3) is 2.17. The zero-order chi connectivity index (χ0) is 14.4. The van der Waals surface area contributed by atoms with Gasteiger partial charge >= 0.3 is 0 Å². The predicted molar refractivity (Wildman–Crippen MR) is 85.5 cm³/mol. The van der Waals surface area contributed by atoms with Crippen molar-refractivity contribution in [3.8, 4) is 5.75 Å². The molecule has 108 valence electrons. The van der Waals surface area contributed by atoms with E-state index in [9.17, 15) is 0 Å². The second-order valence-electron chi connectivity index (χ2n) is 5.41. The molecule has 0 saturated carbocycles. The van der Waals surface area contributed by atoms with Gasteiger partial charge in [-0.1, -0.05) is 0 Å². The van der Waals surface area contributed by atoms with Crippen LogP contribution in [0.1, 0.15) is 21.8 Å². The Morgan fingerprint density at radius 1 is 1.38 bits per heavy atom. The van der Waals surface area contributed by atoms with E-state index in [-0.39, 0.29) is 0 Å². The highest BCUT2D eigenvalue weighted by molar-refractivity contribution is 7.17. The summed E-state index contributed by atoms with van der Waals surface area (Å²) < 4.78 is 7.74. The zero-order valence-electron chi connectivity index (χ0n) is 12.1. The lowest BCUT2D eigenvalue weighted by Gasteiger charge is -2.08. The van der Waals surface area contributed by atoms with Gasteiger partial charge in [0.2, 0.25) is 0 Å². The number of hydrogen-bond donors (Lipinski definition) is 1. The van der Waals surface area contributed by atoms with Crippen molar-refractivity contribution in [2.45, 2.75) is 26.8 Å². The third-order valence-corrected chi connectivity index (χ3v) is 4.79. The maximum absolute atomic E-state index is 5.54. The van der Waals surface area contributed by atoms with Crippen molar-refractivity contribution in [2.75, 3.05) is 11.9 Å². The summed E-state index contributed by atoms with van der Waals surface area (Å²) in [6, 6.07) is 6.32. The SMILES string of the molecule is Cc1cn2c(CNc3ccc4c(c3)CCO4)c(C)nc2s1. The van der Waals surface area contributed by atoms with E-state index in [0.717, 1.165) is 41.7 Å². The first-order chi connectivity index (χ1) is 10.2. The second kappa shape index (κ2) is 4.77. The summed E-state index contributed by atoms with van der Waals surface area (Å²) in [5, 5.41) is 3.51. The van der Waals surface area contributed by atoms with E-state index in [4.69, 9.17) is 4.74 Å². The van der Waals surface area contributed by atoms with E-state index >= 15 is 0 Å². The first kappa shape index (κ1) is 12.7. The molecule has 4 rings (SSSR count). The average molecular weight is 299 g/mol.